The van der Waals surface area contributed by atoms with Gasteiger partial charge in [0.2, 0.25) is 0 Å². The van der Waals surface area contributed by atoms with Gasteiger partial charge in [0, 0.05) is 0 Å². The van der Waals surface area contributed by atoms with Crippen LogP contribution in [-0.2, 0) is 4.79 Å². The molecule has 0 saturated heterocycles. The van der Waals surface area contributed by atoms with Gasteiger partial charge in [0.05, 0.1) is 11.4 Å². The SMILES string of the molecule is CCC(C(=O)O)N1c2ccccc2Oc2ccccc21. The maximum absolute atomic E-state index is 11.6. The Kier molecular flexibility index (Phi) is 3.06. The van der Waals surface area contributed by atoms with Crippen molar-refractivity contribution < 1.29 is 14.6 Å². The minimum Gasteiger partial charge on any atom is -0.480 e. The fourth-order valence-corrected chi connectivity index (χ4v) is 2.54. The van der Waals surface area contributed by atoms with E-state index in [-0.39, 0.29) is 0 Å². The molecule has 1 atom stereocenters. The summed E-state index contributed by atoms with van der Waals surface area (Å²) in [5.41, 5.74) is 1.58. The van der Waals surface area contributed by atoms with Crippen molar-refractivity contribution in [3.8, 4) is 11.5 Å². The fraction of sp³-hybridized carbons (Fsp3) is 0.188. The van der Waals surface area contributed by atoms with Gasteiger partial charge in [0.15, 0.2) is 11.5 Å². The number of hydrogen-bond acceptors (Lipinski definition) is 3. The summed E-state index contributed by atoms with van der Waals surface area (Å²) in [6.07, 6.45) is 0.512. The number of para-hydroxylation sites is 4. The fourth-order valence-electron chi connectivity index (χ4n) is 2.54. The van der Waals surface area contributed by atoms with E-state index < -0.39 is 12.0 Å². The summed E-state index contributed by atoms with van der Waals surface area (Å²) >= 11 is 0. The molecule has 2 aromatic carbocycles. The van der Waals surface area contributed by atoms with E-state index in [1.807, 2.05) is 60.4 Å². The summed E-state index contributed by atoms with van der Waals surface area (Å²) in [7, 11) is 0. The molecule has 0 radical (unpaired) electrons. The highest BCUT2D eigenvalue weighted by molar-refractivity contribution is 5.87. The predicted octanol–water partition coefficient (Wildman–Crippen LogP) is 3.79. The topological polar surface area (TPSA) is 49.8 Å². The highest BCUT2D eigenvalue weighted by Gasteiger charge is 2.32. The first kappa shape index (κ1) is 12.5. The van der Waals surface area contributed by atoms with Crippen LogP contribution >= 0.6 is 0 Å². The second-order valence-electron chi connectivity index (χ2n) is 4.67. The highest BCUT2D eigenvalue weighted by atomic mass is 16.5. The molecule has 1 heterocycles. The molecule has 2 aromatic rings. The van der Waals surface area contributed by atoms with Crippen molar-refractivity contribution in [1.82, 2.24) is 0 Å². The zero-order valence-corrected chi connectivity index (χ0v) is 11.1. The molecule has 4 nitrogen and oxygen atoms in total. The summed E-state index contributed by atoms with van der Waals surface area (Å²) in [6.45, 7) is 1.87. The summed E-state index contributed by atoms with van der Waals surface area (Å²) in [5, 5.41) is 9.49. The summed E-state index contributed by atoms with van der Waals surface area (Å²) < 4.78 is 5.85. The first-order valence-corrected chi connectivity index (χ1v) is 6.60. The van der Waals surface area contributed by atoms with Gasteiger partial charge in [-0.1, -0.05) is 31.2 Å². The smallest absolute Gasteiger partial charge is 0.326 e. The van der Waals surface area contributed by atoms with Crippen molar-refractivity contribution in [3.05, 3.63) is 48.5 Å². The van der Waals surface area contributed by atoms with Crippen molar-refractivity contribution in [2.24, 2.45) is 0 Å². The van der Waals surface area contributed by atoms with Crippen molar-refractivity contribution >= 4 is 17.3 Å². The second kappa shape index (κ2) is 4.89. The van der Waals surface area contributed by atoms with Gasteiger partial charge in [0.25, 0.3) is 0 Å². The van der Waals surface area contributed by atoms with Crippen LogP contribution in [-0.4, -0.2) is 17.1 Å². The lowest BCUT2D eigenvalue weighted by atomic mass is 10.1. The molecule has 20 heavy (non-hydrogen) atoms. The molecule has 1 N–H and O–H groups in total. The third-order valence-electron chi connectivity index (χ3n) is 3.45. The number of benzene rings is 2. The number of carboxylic acid groups (broad SMARTS) is 1. The highest BCUT2D eigenvalue weighted by Crippen LogP contribution is 2.47. The van der Waals surface area contributed by atoms with Gasteiger partial charge >= 0.3 is 5.97 Å². The molecule has 0 spiro atoms. The normalized spacial score (nSPS) is 13.9. The lowest BCUT2D eigenvalue weighted by molar-refractivity contribution is -0.138. The predicted molar refractivity (Wildman–Crippen MR) is 76.8 cm³/mol. The molecule has 0 aliphatic carbocycles. The van der Waals surface area contributed by atoms with Crippen molar-refractivity contribution in [2.45, 2.75) is 19.4 Å². The Hall–Kier alpha value is -2.49. The average molecular weight is 269 g/mol. The summed E-state index contributed by atoms with van der Waals surface area (Å²) in [5.74, 6) is 0.538. The molecule has 4 heteroatoms. The van der Waals surface area contributed by atoms with Gasteiger partial charge in [-0.3, -0.25) is 0 Å². The quantitative estimate of drug-likeness (QED) is 0.920. The van der Waals surface area contributed by atoms with Crippen LogP contribution in [0, 0.1) is 0 Å². The van der Waals surface area contributed by atoms with Gasteiger partial charge in [-0.2, -0.15) is 0 Å². The number of anilines is 2. The van der Waals surface area contributed by atoms with Gasteiger partial charge in [-0.05, 0) is 30.7 Å². The molecule has 1 unspecified atom stereocenters. The molecule has 3 rings (SSSR count). The van der Waals surface area contributed by atoms with Gasteiger partial charge in [-0.15, -0.1) is 0 Å². The van der Waals surface area contributed by atoms with Gasteiger partial charge in [-0.25, -0.2) is 4.79 Å². The number of carbonyl (C=O) groups is 1. The first-order chi connectivity index (χ1) is 9.72. The van der Waals surface area contributed by atoms with Crippen LogP contribution in [0.4, 0.5) is 11.4 Å². The monoisotopic (exact) mass is 269 g/mol. The number of fused-ring (bicyclic) bond motifs is 2. The molecule has 0 saturated carbocycles. The third-order valence-corrected chi connectivity index (χ3v) is 3.45. The Morgan fingerprint density at radius 1 is 1.10 bits per heavy atom. The second-order valence-corrected chi connectivity index (χ2v) is 4.67. The molecule has 1 aliphatic rings. The van der Waals surface area contributed by atoms with E-state index in [9.17, 15) is 9.90 Å². The molecule has 0 aromatic heterocycles. The molecule has 0 fully saturated rings. The summed E-state index contributed by atoms with van der Waals surface area (Å²) in [4.78, 5) is 13.4. The van der Waals surface area contributed by atoms with E-state index in [4.69, 9.17) is 4.74 Å². The molecule has 102 valence electrons. The third kappa shape index (κ3) is 1.90. The molecule has 1 aliphatic heterocycles. The van der Waals surface area contributed by atoms with Crippen LogP contribution < -0.4 is 9.64 Å². The zero-order chi connectivity index (χ0) is 14.1. The largest absolute Gasteiger partial charge is 0.480 e. The van der Waals surface area contributed by atoms with Crippen LogP contribution in [0.2, 0.25) is 0 Å². The van der Waals surface area contributed by atoms with E-state index in [1.165, 1.54) is 0 Å². The lowest BCUT2D eigenvalue weighted by Gasteiger charge is -2.36. The van der Waals surface area contributed by atoms with Crippen LogP contribution in [0.5, 0.6) is 11.5 Å². The molecular formula is C16H15NO3. The van der Waals surface area contributed by atoms with Crippen LogP contribution in [0.3, 0.4) is 0 Å². The van der Waals surface area contributed by atoms with Crippen LogP contribution in [0.15, 0.2) is 48.5 Å². The van der Waals surface area contributed by atoms with Crippen molar-refractivity contribution in [2.75, 3.05) is 4.90 Å². The van der Waals surface area contributed by atoms with Crippen molar-refractivity contribution in [1.29, 1.82) is 0 Å². The number of hydrogen-bond donors (Lipinski definition) is 1. The van der Waals surface area contributed by atoms with E-state index in [2.05, 4.69) is 0 Å². The van der Waals surface area contributed by atoms with Gasteiger partial charge < -0.3 is 14.7 Å². The Bertz CT molecular complexity index is 608. The van der Waals surface area contributed by atoms with E-state index in [0.717, 1.165) is 11.4 Å². The molecule has 0 bridgehead atoms. The van der Waals surface area contributed by atoms with E-state index in [0.29, 0.717) is 17.9 Å². The van der Waals surface area contributed by atoms with E-state index in [1.54, 1.807) is 0 Å². The molecule has 0 amide bonds. The average Bonchev–Trinajstić information content (AvgIpc) is 2.47. The standard InChI is InChI=1S/C16H15NO3/c1-2-11(16(18)19)17-12-7-3-5-9-14(12)20-15-10-6-4-8-13(15)17/h3-11H,2H2,1H3,(H,18,19). The first-order valence-electron chi connectivity index (χ1n) is 6.60. The maximum atomic E-state index is 11.6. The minimum atomic E-state index is -0.834. The zero-order valence-electron chi connectivity index (χ0n) is 11.1. The molecular weight excluding hydrogens is 254 g/mol. The number of ether oxygens (including phenoxy) is 1. The van der Waals surface area contributed by atoms with E-state index >= 15 is 0 Å². The Labute approximate surface area is 117 Å². The maximum Gasteiger partial charge on any atom is 0.326 e. The Morgan fingerprint density at radius 2 is 1.60 bits per heavy atom. The lowest BCUT2D eigenvalue weighted by Crippen LogP contribution is -2.38. The Balaban J connectivity index is 2.19. The number of rotatable bonds is 3. The number of carboxylic acids is 1. The summed E-state index contributed by atoms with van der Waals surface area (Å²) in [6, 6.07) is 14.4. The van der Waals surface area contributed by atoms with Crippen LogP contribution in [0.25, 0.3) is 0 Å². The minimum absolute atomic E-state index is 0.512. The van der Waals surface area contributed by atoms with Crippen molar-refractivity contribution in [3.63, 3.8) is 0 Å². The van der Waals surface area contributed by atoms with Gasteiger partial charge in [0.1, 0.15) is 6.04 Å². The Morgan fingerprint density at radius 3 is 2.05 bits per heavy atom. The van der Waals surface area contributed by atoms with Crippen LogP contribution in [0.1, 0.15) is 13.3 Å². The number of nitrogens with zero attached hydrogens (tertiary/aromatic N) is 1. The number of aliphatic carboxylic acids is 1.